The van der Waals surface area contributed by atoms with E-state index in [2.05, 4.69) is 27.0 Å². The number of anilines is 1. The Morgan fingerprint density at radius 3 is 3.17 bits per heavy atom. The Bertz CT molecular complexity index is 367. The van der Waals surface area contributed by atoms with Crippen molar-refractivity contribution in [1.82, 2.24) is 15.2 Å². The van der Waals surface area contributed by atoms with Gasteiger partial charge >= 0.3 is 0 Å². The van der Waals surface area contributed by atoms with Crippen LogP contribution in [0.2, 0.25) is 0 Å². The van der Waals surface area contributed by atoms with Gasteiger partial charge in [0.15, 0.2) is 0 Å². The number of H-pyrrole nitrogens is 1. The number of hydrogen-bond acceptors (Lipinski definition) is 5. The van der Waals surface area contributed by atoms with Gasteiger partial charge in [0, 0.05) is 31.7 Å². The summed E-state index contributed by atoms with van der Waals surface area (Å²) in [6, 6.07) is 0.512. The van der Waals surface area contributed by atoms with Crippen LogP contribution in [0.1, 0.15) is 32.5 Å². The Morgan fingerprint density at radius 2 is 2.39 bits per heavy atom. The predicted molar refractivity (Wildman–Crippen MR) is 70.6 cm³/mol. The fourth-order valence-corrected chi connectivity index (χ4v) is 2.29. The normalized spacial score (nSPS) is 24.5. The van der Waals surface area contributed by atoms with E-state index in [1.54, 1.807) is 0 Å². The first kappa shape index (κ1) is 13.3. The van der Waals surface area contributed by atoms with Crippen molar-refractivity contribution in [3.05, 3.63) is 5.82 Å². The molecule has 102 valence electrons. The molecule has 0 spiro atoms. The zero-order chi connectivity index (χ0) is 13.0. The number of aromatic nitrogens is 3. The molecule has 1 aromatic heterocycles. The number of rotatable bonds is 5. The molecule has 18 heavy (non-hydrogen) atoms. The zero-order valence-electron chi connectivity index (χ0n) is 11.2. The van der Waals surface area contributed by atoms with Gasteiger partial charge in [-0.2, -0.15) is 4.98 Å². The van der Waals surface area contributed by atoms with Crippen LogP contribution in [0.15, 0.2) is 0 Å². The number of hydrogen-bond donors (Lipinski definition) is 2. The summed E-state index contributed by atoms with van der Waals surface area (Å²) in [5.74, 6) is 1.65. The zero-order valence-corrected chi connectivity index (χ0v) is 11.2. The van der Waals surface area contributed by atoms with E-state index in [1.165, 1.54) is 0 Å². The van der Waals surface area contributed by atoms with Crippen LogP contribution in [-0.2, 0) is 11.2 Å². The maximum absolute atomic E-state index is 6.08. The van der Waals surface area contributed by atoms with Crippen LogP contribution in [0.3, 0.4) is 0 Å². The van der Waals surface area contributed by atoms with E-state index in [9.17, 15) is 0 Å². The van der Waals surface area contributed by atoms with Crippen molar-refractivity contribution in [3.8, 4) is 0 Å². The Kier molecular flexibility index (Phi) is 4.54. The Hall–Kier alpha value is -1.14. The van der Waals surface area contributed by atoms with E-state index in [0.29, 0.717) is 12.6 Å². The number of nitrogens with zero attached hydrogens (tertiary/aromatic N) is 3. The lowest BCUT2D eigenvalue weighted by atomic mass is 9.99. The standard InChI is InChI=1S/C12H23N5O/c1-3-18-8-6-11-14-12(16-15-11)17-7-4-5-10(13)9(17)2/h9-10H,3-8,13H2,1-2H3,(H,14,15,16). The molecular formula is C12H23N5O. The van der Waals surface area contributed by atoms with Gasteiger partial charge in [-0.15, -0.1) is 5.10 Å². The molecule has 0 aliphatic carbocycles. The van der Waals surface area contributed by atoms with Crippen molar-refractivity contribution in [3.63, 3.8) is 0 Å². The van der Waals surface area contributed by atoms with E-state index in [4.69, 9.17) is 10.5 Å². The molecule has 1 aromatic rings. The second-order valence-electron chi connectivity index (χ2n) is 4.77. The van der Waals surface area contributed by atoms with Crippen molar-refractivity contribution in [2.45, 2.75) is 45.2 Å². The van der Waals surface area contributed by atoms with Crippen molar-refractivity contribution >= 4 is 5.95 Å². The van der Waals surface area contributed by atoms with Crippen LogP contribution < -0.4 is 10.6 Å². The highest BCUT2D eigenvalue weighted by atomic mass is 16.5. The number of piperidine rings is 1. The first-order valence-electron chi connectivity index (χ1n) is 6.73. The quantitative estimate of drug-likeness (QED) is 0.755. The summed E-state index contributed by atoms with van der Waals surface area (Å²) in [6.07, 6.45) is 2.96. The average Bonchev–Trinajstić information content (AvgIpc) is 2.82. The van der Waals surface area contributed by atoms with Crippen LogP contribution >= 0.6 is 0 Å². The molecule has 0 bridgehead atoms. The highest BCUT2D eigenvalue weighted by molar-refractivity contribution is 5.32. The van der Waals surface area contributed by atoms with Gasteiger partial charge in [-0.05, 0) is 26.7 Å². The van der Waals surface area contributed by atoms with Crippen molar-refractivity contribution in [1.29, 1.82) is 0 Å². The lowest BCUT2D eigenvalue weighted by molar-refractivity contribution is 0.149. The maximum Gasteiger partial charge on any atom is 0.244 e. The topological polar surface area (TPSA) is 80.1 Å². The second kappa shape index (κ2) is 6.15. The van der Waals surface area contributed by atoms with Gasteiger partial charge in [-0.1, -0.05) is 0 Å². The predicted octanol–water partition coefficient (Wildman–Crippen LogP) is 0.700. The third kappa shape index (κ3) is 3.00. The van der Waals surface area contributed by atoms with Crippen molar-refractivity contribution in [2.24, 2.45) is 5.73 Å². The van der Waals surface area contributed by atoms with Gasteiger partial charge in [0.25, 0.3) is 0 Å². The summed E-state index contributed by atoms with van der Waals surface area (Å²) in [7, 11) is 0. The monoisotopic (exact) mass is 253 g/mol. The first-order valence-corrected chi connectivity index (χ1v) is 6.73. The molecule has 1 fully saturated rings. The van der Waals surface area contributed by atoms with Crippen molar-refractivity contribution < 1.29 is 4.74 Å². The molecule has 2 unspecified atom stereocenters. The van der Waals surface area contributed by atoms with Gasteiger partial charge in [0.2, 0.25) is 5.95 Å². The third-order valence-corrected chi connectivity index (χ3v) is 3.51. The summed E-state index contributed by atoms with van der Waals surface area (Å²) in [5, 5.41) is 7.26. The number of ether oxygens (including phenoxy) is 1. The number of nitrogens with two attached hydrogens (primary N) is 1. The van der Waals surface area contributed by atoms with E-state index in [1.807, 2.05) is 6.92 Å². The molecule has 1 aliphatic heterocycles. The fraction of sp³-hybridized carbons (Fsp3) is 0.833. The lowest BCUT2D eigenvalue weighted by Crippen LogP contribution is -2.51. The molecule has 0 amide bonds. The van der Waals surface area contributed by atoms with Crippen LogP contribution in [0.25, 0.3) is 0 Å². The molecule has 0 aromatic carbocycles. The van der Waals surface area contributed by atoms with Crippen LogP contribution in [0.5, 0.6) is 0 Å². The molecule has 2 atom stereocenters. The van der Waals surface area contributed by atoms with E-state index >= 15 is 0 Å². The molecule has 3 N–H and O–H groups in total. The highest BCUT2D eigenvalue weighted by Crippen LogP contribution is 2.20. The summed E-state index contributed by atoms with van der Waals surface area (Å²) in [4.78, 5) is 6.70. The second-order valence-corrected chi connectivity index (χ2v) is 4.77. The van der Waals surface area contributed by atoms with Crippen LogP contribution in [0.4, 0.5) is 5.95 Å². The summed E-state index contributed by atoms with van der Waals surface area (Å²) in [6.45, 7) is 6.53. The molecule has 1 saturated heterocycles. The lowest BCUT2D eigenvalue weighted by Gasteiger charge is -2.36. The van der Waals surface area contributed by atoms with E-state index in [0.717, 1.165) is 44.2 Å². The van der Waals surface area contributed by atoms with Crippen molar-refractivity contribution in [2.75, 3.05) is 24.7 Å². The SMILES string of the molecule is CCOCCc1nc(N2CCCC(N)C2C)n[nH]1. The van der Waals surface area contributed by atoms with Crippen LogP contribution in [-0.4, -0.2) is 47.0 Å². The fourth-order valence-electron chi connectivity index (χ4n) is 2.29. The molecule has 2 heterocycles. The minimum Gasteiger partial charge on any atom is -0.381 e. The molecule has 0 radical (unpaired) electrons. The van der Waals surface area contributed by atoms with Gasteiger partial charge in [0.1, 0.15) is 5.82 Å². The van der Waals surface area contributed by atoms with Gasteiger partial charge < -0.3 is 15.4 Å². The maximum atomic E-state index is 6.08. The van der Waals surface area contributed by atoms with Crippen LogP contribution in [0, 0.1) is 0 Å². The largest absolute Gasteiger partial charge is 0.381 e. The summed E-state index contributed by atoms with van der Waals surface area (Å²) >= 11 is 0. The Labute approximate surface area is 108 Å². The Morgan fingerprint density at radius 1 is 1.56 bits per heavy atom. The van der Waals surface area contributed by atoms with Gasteiger partial charge in [0.05, 0.1) is 6.61 Å². The van der Waals surface area contributed by atoms with Gasteiger partial charge in [-0.3, -0.25) is 5.10 Å². The molecule has 6 heteroatoms. The third-order valence-electron chi connectivity index (χ3n) is 3.51. The van der Waals surface area contributed by atoms with E-state index in [-0.39, 0.29) is 6.04 Å². The molecule has 0 saturated carbocycles. The summed E-state index contributed by atoms with van der Waals surface area (Å²) in [5.41, 5.74) is 6.08. The smallest absolute Gasteiger partial charge is 0.244 e. The summed E-state index contributed by atoms with van der Waals surface area (Å²) < 4.78 is 5.31. The van der Waals surface area contributed by atoms with E-state index < -0.39 is 0 Å². The number of aromatic amines is 1. The van der Waals surface area contributed by atoms with Gasteiger partial charge in [-0.25, -0.2) is 0 Å². The molecule has 6 nitrogen and oxygen atoms in total. The molecule has 1 aliphatic rings. The minimum absolute atomic E-state index is 0.212. The molecular weight excluding hydrogens is 230 g/mol. The average molecular weight is 253 g/mol. The molecule has 2 rings (SSSR count). The Balaban J connectivity index is 1.96. The number of nitrogens with one attached hydrogen (secondary N) is 1. The minimum atomic E-state index is 0.212. The highest BCUT2D eigenvalue weighted by Gasteiger charge is 2.27. The first-order chi connectivity index (χ1) is 8.72.